The van der Waals surface area contributed by atoms with E-state index >= 15 is 0 Å². The molecule has 2 aromatic rings. The summed E-state index contributed by atoms with van der Waals surface area (Å²) >= 11 is 0. The third kappa shape index (κ3) is 5.42. The summed E-state index contributed by atoms with van der Waals surface area (Å²) in [5.41, 5.74) is 1.32. The highest BCUT2D eigenvalue weighted by Gasteiger charge is 2.18. The predicted octanol–water partition coefficient (Wildman–Crippen LogP) is 3.02. The van der Waals surface area contributed by atoms with Crippen LogP contribution in [0, 0.1) is 0 Å². The first-order chi connectivity index (χ1) is 14.1. The third-order valence-electron chi connectivity index (χ3n) is 4.57. The van der Waals surface area contributed by atoms with Crippen molar-refractivity contribution >= 4 is 23.5 Å². The highest BCUT2D eigenvalue weighted by atomic mass is 16.5. The number of amides is 2. The number of esters is 1. The standard InChI is InChI=1S/C22H24N2O5/c1-2-28-22(27)18-10-3-4-11-19(18)24-21(26)16-8-5-7-15(13-16)20(25)23-14-17-9-6-12-29-17/h3-5,7-8,10-11,13,17H,2,6,9,12,14H2,1H3,(H,23,25)(H,24,26). The largest absolute Gasteiger partial charge is 0.462 e. The van der Waals surface area contributed by atoms with Crippen molar-refractivity contribution in [3.63, 3.8) is 0 Å². The van der Waals surface area contributed by atoms with Crippen molar-refractivity contribution in [2.24, 2.45) is 0 Å². The minimum atomic E-state index is -0.509. The third-order valence-corrected chi connectivity index (χ3v) is 4.57. The number of nitrogens with one attached hydrogen (secondary N) is 2. The average Bonchev–Trinajstić information content (AvgIpc) is 3.26. The lowest BCUT2D eigenvalue weighted by molar-refractivity contribution is 0.0527. The molecule has 152 valence electrons. The second kappa shape index (κ2) is 9.84. The number of benzene rings is 2. The Morgan fingerprint density at radius 1 is 1.07 bits per heavy atom. The first-order valence-corrected chi connectivity index (χ1v) is 9.66. The van der Waals surface area contributed by atoms with Crippen LogP contribution in [0.1, 0.15) is 50.8 Å². The van der Waals surface area contributed by atoms with E-state index in [9.17, 15) is 14.4 Å². The van der Waals surface area contributed by atoms with Crippen molar-refractivity contribution in [2.45, 2.75) is 25.9 Å². The van der Waals surface area contributed by atoms with Gasteiger partial charge in [0, 0.05) is 24.3 Å². The summed E-state index contributed by atoms with van der Waals surface area (Å²) in [5, 5.41) is 5.56. The number of hydrogen-bond acceptors (Lipinski definition) is 5. The van der Waals surface area contributed by atoms with Gasteiger partial charge in [-0.15, -0.1) is 0 Å². The predicted molar refractivity (Wildman–Crippen MR) is 108 cm³/mol. The summed E-state index contributed by atoms with van der Waals surface area (Å²) in [6.45, 7) is 3.13. The van der Waals surface area contributed by atoms with Crippen LogP contribution < -0.4 is 10.6 Å². The Morgan fingerprint density at radius 2 is 1.83 bits per heavy atom. The number of ether oxygens (including phenoxy) is 2. The minimum Gasteiger partial charge on any atom is -0.462 e. The van der Waals surface area contributed by atoms with Crippen LogP contribution in [0.25, 0.3) is 0 Å². The van der Waals surface area contributed by atoms with Crippen LogP contribution in [0.4, 0.5) is 5.69 Å². The molecule has 2 aromatic carbocycles. The van der Waals surface area contributed by atoms with Crippen molar-refractivity contribution in [2.75, 3.05) is 25.1 Å². The molecule has 2 amide bonds. The van der Waals surface area contributed by atoms with Gasteiger partial charge in [-0.2, -0.15) is 0 Å². The lowest BCUT2D eigenvalue weighted by Crippen LogP contribution is -2.31. The van der Waals surface area contributed by atoms with Gasteiger partial charge in [-0.25, -0.2) is 4.79 Å². The first-order valence-electron chi connectivity index (χ1n) is 9.66. The second-order valence-electron chi connectivity index (χ2n) is 6.65. The Labute approximate surface area is 169 Å². The van der Waals surface area contributed by atoms with Crippen molar-refractivity contribution in [3.8, 4) is 0 Å². The fourth-order valence-electron chi connectivity index (χ4n) is 3.09. The summed E-state index contributed by atoms with van der Waals surface area (Å²) in [6.07, 6.45) is 1.98. The Bertz CT molecular complexity index is 890. The molecule has 7 heteroatoms. The van der Waals surface area contributed by atoms with Gasteiger partial charge in [0.2, 0.25) is 0 Å². The number of carbonyl (C=O) groups is 3. The van der Waals surface area contributed by atoms with Crippen molar-refractivity contribution in [3.05, 3.63) is 65.2 Å². The van der Waals surface area contributed by atoms with Crippen LogP contribution in [-0.4, -0.2) is 43.6 Å². The topological polar surface area (TPSA) is 93.7 Å². The molecule has 0 aromatic heterocycles. The molecule has 2 N–H and O–H groups in total. The summed E-state index contributed by atoms with van der Waals surface area (Å²) in [4.78, 5) is 37.1. The Morgan fingerprint density at radius 3 is 2.55 bits per heavy atom. The molecule has 1 atom stereocenters. The van der Waals surface area contributed by atoms with E-state index in [1.54, 1.807) is 49.4 Å². The molecule has 29 heavy (non-hydrogen) atoms. The molecule has 1 aliphatic rings. The molecule has 1 unspecified atom stereocenters. The van der Waals surface area contributed by atoms with Crippen molar-refractivity contribution in [1.29, 1.82) is 0 Å². The zero-order valence-corrected chi connectivity index (χ0v) is 16.3. The first kappa shape index (κ1) is 20.5. The molecule has 0 aliphatic carbocycles. The van der Waals surface area contributed by atoms with E-state index in [-0.39, 0.29) is 24.2 Å². The van der Waals surface area contributed by atoms with Crippen molar-refractivity contribution < 1.29 is 23.9 Å². The van der Waals surface area contributed by atoms with Gasteiger partial charge in [-0.05, 0) is 50.1 Å². The van der Waals surface area contributed by atoms with Gasteiger partial charge >= 0.3 is 5.97 Å². The number of carbonyl (C=O) groups excluding carboxylic acids is 3. The number of para-hydroxylation sites is 1. The molecule has 0 bridgehead atoms. The molecular formula is C22H24N2O5. The van der Waals surface area contributed by atoms with Crippen LogP contribution in [0.5, 0.6) is 0 Å². The van der Waals surface area contributed by atoms with E-state index in [1.807, 2.05) is 0 Å². The zero-order chi connectivity index (χ0) is 20.6. The maximum absolute atomic E-state index is 12.7. The summed E-state index contributed by atoms with van der Waals surface area (Å²) < 4.78 is 10.5. The van der Waals surface area contributed by atoms with Crippen LogP contribution in [0.15, 0.2) is 48.5 Å². The molecule has 1 fully saturated rings. The highest BCUT2D eigenvalue weighted by Crippen LogP contribution is 2.18. The maximum Gasteiger partial charge on any atom is 0.340 e. The average molecular weight is 396 g/mol. The molecule has 1 aliphatic heterocycles. The van der Waals surface area contributed by atoms with E-state index in [0.29, 0.717) is 23.4 Å². The molecule has 1 heterocycles. The van der Waals surface area contributed by atoms with Gasteiger partial charge in [0.25, 0.3) is 11.8 Å². The molecule has 0 radical (unpaired) electrons. The van der Waals surface area contributed by atoms with Gasteiger partial charge in [0.1, 0.15) is 0 Å². The molecule has 0 spiro atoms. The zero-order valence-electron chi connectivity index (χ0n) is 16.3. The van der Waals surface area contributed by atoms with Crippen LogP contribution in [0.3, 0.4) is 0 Å². The quantitative estimate of drug-likeness (QED) is 0.702. The van der Waals surface area contributed by atoms with E-state index in [1.165, 1.54) is 6.07 Å². The number of hydrogen-bond donors (Lipinski definition) is 2. The molecule has 7 nitrogen and oxygen atoms in total. The molecular weight excluding hydrogens is 372 g/mol. The van der Waals surface area contributed by atoms with Crippen LogP contribution in [0.2, 0.25) is 0 Å². The smallest absolute Gasteiger partial charge is 0.340 e. The highest BCUT2D eigenvalue weighted by molar-refractivity contribution is 6.09. The van der Waals surface area contributed by atoms with Crippen LogP contribution in [-0.2, 0) is 9.47 Å². The number of anilines is 1. The van der Waals surface area contributed by atoms with Crippen LogP contribution >= 0.6 is 0 Å². The normalized spacial score (nSPS) is 15.6. The van der Waals surface area contributed by atoms with E-state index in [0.717, 1.165) is 19.4 Å². The van der Waals surface area contributed by atoms with Gasteiger partial charge in [0.05, 0.1) is 24.0 Å². The monoisotopic (exact) mass is 396 g/mol. The van der Waals surface area contributed by atoms with Gasteiger partial charge in [-0.3, -0.25) is 9.59 Å². The molecule has 1 saturated heterocycles. The van der Waals surface area contributed by atoms with Gasteiger partial charge in [0.15, 0.2) is 0 Å². The fraction of sp³-hybridized carbons (Fsp3) is 0.318. The lowest BCUT2D eigenvalue weighted by atomic mass is 10.1. The lowest BCUT2D eigenvalue weighted by Gasteiger charge is -2.12. The minimum absolute atomic E-state index is 0.0461. The Kier molecular flexibility index (Phi) is 6.97. The molecule has 3 rings (SSSR count). The SMILES string of the molecule is CCOC(=O)c1ccccc1NC(=O)c1cccc(C(=O)NCC2CCCO2)c1. The Balaban J connectivity index is 1.68. The summed E-state index contributed by atoms with van der Waals surface area (Å²) in [6, 6.07) is 13.0. The van der Waals surface area contributed by atoms with E-state index in [4.69, 9.17) is 9.47 Å². The van der Waals surface area contributed by atoms with Gasteiger partial charge < -0.3 is 20.1 Å². The number of rotatable bonds is 7. The van der Waals surface area contributed by atoms with E-state index < -0.39 is 11.9 Å². The second-order valence-corrected chi connectivity index (χ2v) is 6.65. The fourth-order valence-corrected chi connectivity index (χ4v) is 3.09. The van der Waals surface area contributed by atoms with Gasteiger partial charge in [-0.1, -0.05) is 18.2 Å². The maximum atomic E-state index is 12.7. The van der Waals surface area contributed by atoms with Crippen molar-refractivity contribution in [1.82, 2.24) is 5.32 Å². The Hall–Kier alpha value is -3.19. The molecule has 0 saturated carbocycles. The summed E-state index contributed by atoms with van der Waals surface area (Å²) in [7, 11) is 0. The van der Waals surface area contributed by atoms with E-state index in [2.05, 4.69) is 10.6 Å². The summed E-state index contributed by atoms with van der Waals surface area (Å²) in [5.74, 6) is -1.19.